The number of unbranched alkanes of at least 4 members (excludes halogenated alkanes) is 1. The molecule has 0 saturated heterocycles. The minimum Gasteiger partial charge on any atom is -0.396 e. The number of hydrogen-bond acceptors (Lipinski definition) is 4. The Morgan fingerprint density at radius 3 is 3.06 bits per heavy atom. The van der Waals surface area contributed by atoms with Crippen LogP contribution in [0.5, 0.6) is 0 Å². The zero-order chi connectivity index (χ0) is 13.0. The monoisotopic (exact) mass is 264 g/mol. The Hall–Kier alpha value is -1.46. The Bertz CT molecular complexity index is 551. The van der Waals surface area contributed by atoms with Crippen molar-refractivity contribution < 1.29 is 9.90 Å². The standard InChI is InChI=1S/C13H16N2O2S/c1-9-5-6-10-11(8-9)18-13(14-10)15-12(17)4-2-3-7-16/h5-6,8,16H,2-4,7H2,1H3,(H,14,15,17). The topological polar surface area (TPSA) is 62.2 Å². The van der Waals surface area contributed by atoms with Gasteiger partial charge in [0.05, 0.1) is 10.2 Å². The van der Waals surface area contributed by atoms with Crippen LogP contribution >= 0.6 is 11.3 Å². The molecular formula is C13H16N2O2S. The highest BCUT2D eigenvalue weighted by molar-refractivity contribution is 7.22. The summed E-state index contributed by atoms with van der Waals surface area (Å²) in [7, 11) is 0. The highest BCUT2D eigenvalue weighted by Gasteiger charge is 2.07. The van der Waals surface area contributed by atoms with E-state index in [9.17, 15) is 4.79 Å². The number of rotatable bonds is 5. The van der Waals surface area contributed by atoms with Gasteiger partial charge in [0.1, 0.15) is 0 Å². The first kappa shape index (κ1) is 13.0. The number of aryl methyl sites for hydroxylation is 1. The summed E-state index contributed by atoms with van der Waals surface area (Å²) in [5, 5.41) is 12.1. The maximum Gasteiger partial charge on any atom is 0.226 e. The molecule has 0 bridgehead atoms. The maximum absolute atomic E-state index is 11.6. The lowest BCUT2D eigenvalue weighted by Crippen LogP contribution is -2.10. The highest BCUT2D eigenvalue weighted by atomic mass is 32.1. The molecule has 2 N–H and O–H groups in total. The fourth-order valence-electron chi connectivity index (χ4n) is 1.66. The van der Waals surface area contributed by atoms with Crippen LogP contribution in [0.3, 0.4) is 0 Å². The summed E-state index contributed by atoms with van der Waals surface area (Å²) in [5.74, 6) is -0.0424. The Morgan fingerprint density at radius 1 is 1.44 bits per heavy atom. The van der Waals surface area contributed by atoms with Gasteiger partial charge in [-0.2, -0.15) is 0 Å². The molecule has 0 fully saturated rings. The van der Waals surface area contributed by atoms with Gasteiger partial charge in [-0.15, -0.1) is 0 Å². The summed E-state index contributed by atoms with van der Waals surface area (Å²) in [6.07, 6.45) is 1.79. The lowest BCUT2D eigenvalue weighted by Gasteiger charge is -1.99. The minimum atomic E-state index is -0.0424. The van der Waals surface area contributed by atoms with E-state index in [1.165, 1.54) is 16.9 Å². The third kappa shape index (κ3) is 3.27. The van der Waals surface area contributed by atoms with Gasteiger partial charge in [0.2, 0.25) is 5.91 Å². The van der Waals surface area contributed by atoms with Gasteiger partial charge < -0.3 is 10.4 Å². The van der Waals surface area contributed by atoms with Crippen molar-refractivity contribution in [3.63, 3.8) is 0 Å². The van der Waals surface area contributed by atoms with E-state index in [4.69, 9.17) is 5.11 Å². The number of nitrogens with zero attached hydrogens (tertiary/aromatic N) is 1. The Balaban J connectivity index is 2.01. The van der Waals surface area contributed by atoms with Gasteiger partial charge in [-0.1, -0.05) is 17.4 Å². The summed E-state index contributed by atoms with van der Waals surface area (Å²) in [5.41, 5.74) is 2.10. The molecule has 0 spiro atoms. The third-order valence-electron chi connectivity index (χ3n) is 2.60. The number of aromatic nitrogens is 1. The van der Waals surface area contributed by atoms with Crippen LogP contribution in [-0.2, 0) is 4.79 Å². The number of hydrogen-bond donors (Lipinski definition) is 2. The Labute approximate surface area is 110 Å². The summed E-state index contributed by atoms with van der Waals surface area (Å²) in [4.78, 5) is 16.0. The molecule has 0 unspecified atom stereocenters. The predicted molar refractivity (Wildman–Crippen MR) is 73.9 cm³/mol. The van der Waals surface area contributed by atoms with Gasteiger partial charge in [-0.3, -0.25) is 4.79 Å². The number of carbonyl (C=O) groups is 1. The predicted octanol–water partition coefficient (Wildman–Crippen LogP) is 2.71. The molecule has 0 aliphatic rings. The molecule has 0 aliphatic heterocycles. The first-order chi connectivity index (χ1) is 8.69. The minimum absolute atomic E-state index is 0.0424. The van der Waals surface area contributed by atoms with E-state index in [1.54, 1.807) is 0 Å². The SMILES string of the molecule is Cc1ccc2nc(NC(=O)CCCCO)sc2c1. The normalized spacial score (nSPS) is 10.8. The van der Waals surface area contributed by atoms with E-state index < -0.39 is 0 Å². The van der Waals surface area contributed by atoms with Crippen LogP contribution in [0.15, 0.2) is 18.2 Å². The van der Waals surface area contributed by atoms with Crippen molar-refractivity contribution in [1.29, 1.82) is 0 Å². The van der Waals surface area contributed by atoms with Gasteiger partial charge in [-0.25, -0.2) is 4.98 Å². The van der Waals surface area contributed by atoms with E-state index in [1.807, 2.05) is 19.1 Å². The number of aliphatic hydroxyl groups is 1. The fraction of sp³-hybridized carbons (Fsp3) is 0.385. The van der Waals surface area contributed by atoms with E-state index in [2.05, 4.69) is 16.4 Å². The van der Waals surface area contributed by atoms with Crippen LogP contribution in [0, 0.1) is 6.92 Å². The molecule has 18 heavy (non-hydrogen) atoms. The number of thiazole rings is 1. The molecule has 1 aromatic carbocycles. The molecule has 2 rings (SSSR count). The van der Waals surface area contributed by atoms with Crippen LogP contribution in [0.2, 0.25) is 0 Å². The van der Waals surface area contributed by atoms with Crippen molar-refractivity contribution in [2.75, 3.05) is 11.9 Å². The van der Waals surface area contributed by atoms with Crippen LogP contribution in [0.4, 0.5) is 5.13 Å². The second-order valence-corrected chi connectivity index (χ2v) is 5.25. The quantitative estimate of drug-likeness (QED) is 0.816. The first-order valence-corrected chi connectivity index (χ1v) is 6.78. The van der Waals surface area contributed by atoms with Crippen LogP contribution in [0.1, 0.15) is 24.8 Å². The number of benzene rings is 1. The summed E-state index contributed by atoms with van der Waals surface area (Å²) in [6.45, 7) is 2.17. The van der Waals surface area contributed by atoms with Gasteiger partial charge in [0.15, 0.2) is 5.13 Å². The lowest BCUT2D eigenvalue weighted by molar-refractivity contribution is -0.116. The maximum atomic E-state index is 11.6. The average molecular weight is 264 g/mol. The van der Waals surface area contributed by atoms with E-state index in [0.717, 1.165) is 10.2 Å². The van der Waals surface area contributed by atoms with Crippen molar-refractivity contribution in [2.24, 2.45) is 0 Å². The van der Waals surface area contributed by atoms with Crippen molar-refractivity contribution in [2.45, 2.75) is 26.2 Å². The molecule has 0 radical (unpaired) electrons. The summed E-state index contributed by atoms with van der Waals surface area (Å²) >= 11 is 1.49. The number of nitrogens with one attached hydrogen (secondary N) is 1. The molecule has 2 aromatic rings. The second-order valence-electron chi connectivity index (χ2n) is 4.22. The molecule has 1 amide bonds. The van der Waals surface area contributed by atoms with Crippen molar-refractivity contribution in [3.8, 4) is 0 Å². The number of anilines is 1. The summed E-state index contributed by atoms with van der Waals surface area (Å²) in [6, 6.07) is 6.03. The Kier molecular flexibility index (Phi) is 4.28. The molecule has 96 valence electrons. The molecule has 0 atom stereocenters. The van der Waals surface area contributed by atoms with E-state index >= 15 is 0 Å². The first-order valence-electron chi connectivity index (χ1n) is 5.97. The molecule has 5 heteroatoms. The third-order valence-corrected chi connectivity index (χ3v) is 3.54. The zero-order valence-electron chi connectivity index (χ0n) is 10.3. The zero-order valence-corrected chi connectivity index (χ0v) is 11.1. The van der Waals surface area contributed by atoms with Crippen LogP contribution in [0.25, 0.3) is 10.2 Å². The number of amides is 1. The van der Waals surface area contributed by atoms with Crippen molar-refractivity contribution in [1.82, 2.24) is 4.98 Å². The molecule has 4 nitrogen and oxygen atoms in total. The largest absolute Gasteiger partial charge is 0.396 e. The molecular weight excluding hydrogens is 248 g/mol. The van der Waals surface area contributed by atoms with E-state index in [0.29, 0.717) is 24.4 Å². The number of aliphatic hydroxyl groups excluding tert-OH is 1. The average Bonchev–Trinajstić information content (AvgIpc) is 2.70. The fourth-order valence-corrected chi connectivity index (χ4v) is 2.64. The van der Waals surface area contributed by atoms with E-state index in [-0.39, 0.29) is 12.5 Å². The smallest absolute Gasteiger partial charge is 0.226 e. The van der Waals surface area contributed by atoms with Gasteiger partial charge >= 0.3 is 0 Å². The van der Waals surface area contributed by atoms with Crippen LogP contribution in [-0.4, -0.2) is 22.6 Å². The highest BCUT2D eigenvalue weighted by Crippen LogP contribution is 2.26. The van der Waals surface area contributed by atoms with Gasteiger partial charge in [0.25, 0.3) is 0 Å². The number of carbonyl (C=O) groups excluding carboxylic acids is 1. The number of fused-ring (bicyclic) bond motifs is 1. The lowest BCUT2D eigenvalue weighted by atomic mass is 10.2. The second kappa shape index (κ2) is 5.93. The molecule has 1 heterocycles. The van der Waals surface area contributed by atoms with Crippen molar-refractivity contribution in [3.05, 3.63) is 23.8 Å². The van der Waals surface area contributed by atoms with Gasteiger partial charge in [-0.05, 0) is 37.5 Å². The van der Waals surface area contributed by atoms with Gasteiger partial charge in [0, 0.05) is 13.0 Å². The van der Waals surface area contributed by atoms with Crippen molar-refractivity contribution >= 4 is 32.6 Å². The van der Waals surface area contributed by atoms with Crippen LogP contribution < -0.4 is 5.32 Å². The molecule has 1 aromatic heterocycles. The Morgan fingerprint density at radius 2 is 2.28 bits per heavy atom. The summed E-state index contributed by atoms with van der Waals surface area (Å²) < 4.78 is 1.08. The molecule has 0 aliphatic carbocycles. The molecule has 0 saturated carbocycles.